The molecule has 2 rings (SSSR count). The second-order valence-corrected chi connectivity index (χ2v) is 3.18. The first-order valence-electron chi connectivity index (χ1n) is 4.87. The number of ether oxygens (including phenoxy) is 1. The fraction of sp³-hybridized carbons (Fsp3) is 0.182. The van der Waals surface area contributed by atoms with Crippen molar-refractivity contribution in [3.05, 3.63) is 29.5 Å². The molecule has 0 aliphatic carbocycles. The van der Waals surface area contributed by atoms with Crippen LogP contribution in [-0.4, -0.2) is 29.1 Å². The Labute approximate surface area is 91.4 Å². The number of benzene rings is 1. The first-order valence-corrected chi connectivity index (χ1v) is 4.87. The fourth-order valence-electron chi connectivity index (χ4n) is 1.52. The summed E-state index contributed by atoms with van der Waals surface area (Å²) >= 11 is 0. The van der Waals surface area contributed by atoms with Crippen LogP contribution in [0, 0.1) is 0 Å². The van der Waals surface area contributed by atoms with Crippen LogP contribution >= 0.6 is 0 Å². The number of nitrogens with one attached hydrogen (secondary N) is 1. The standard InChI is InChI=1S/C11H10N2O3/c1-2-16-11(15)8-5-3-4-7-9(6-14)12-13-10(7)8/h3-6H,2H2,1H3,(H,12,13). The number of hydrogen-bond donors (Lipinski definition) is 1. The third-order valence-electron chi connectivity index (χ3n) is 2.23. The van der Waals surface area contributed by atoms with Crippen molar-refractivity contribution in [1.29, 1.82) is 0 Å². The normalized spacial score (nSPS) is 10.3. The van der Waals surface area contributed by atoms with Gasteiger partial charge in [-0.3, -0.25) is 9.89 Å². The summed E-state index contributed by atoms with van der Waals surface area (Å²) in [6.45, 7) is 2.04. The van der Waals surface area contributed by atoms with Gasteiger partial charge in [-0.05, 0) is 13.0 Å². The number of para-hydroxylation sites is 1. The molecule has 0 amide bonds. The highest BCUT2D eigenvalue weighted by Crippen LogP contribution is 2.19. The number of fused-ring (bicyclic) bond motifs is 1. The Morgan fingerprint density at radius 2 is 2.38 bits per heavy atom. The highest BCUT2D eigenvalue weighted by atomic mass is 16.5. The van der Waals surface area contributed by atoms with Crippen molar-refractivity contribution in [3.8, 4) is 0 Å². The van der Waals surface area contributed by atoms with E-state index in [2.05, 4.69) is 10.2 Å². The number of carbonyl (C=O) groups excluding carboxylic acids is 2. The summed E-state index contributed by atoms with van der Waals surface area (Å²) in [5.41, 5.74) is 1.19. The van der Waals surface area contributed by atoms with Crippen LogP contribution < -0.4 is 0 Å². The van der Waals surface area contributed by atoms with E-state index >= 15 is 0 Å². The second kappa shape index (κ2) is 4.14. The lowest BCUT2D eigenvalue weighted by molar-refractivity contribution is 0.0528. The lowest BCUT2D eigenvalue weighted by atomic mass is 10.1. The van der Waals surface area contributed by atoms with Gasteiger partial charge in [0, 0.05) is 5.39 Å². The molecule has 0 radical (unpaired) electrons. The number of rotatable bonds is 3. The maximum Gasteiger partial charge on any atom is 0.340 e. The van der Waals surface area contributed by atoms with Crippen molar-refractivity contribution in [3.63, 3.8) is 0 Å². The number of aromatic amines is 1. The summed E-state index contributed by atoms with van der Waals surface area (Å²) in [5.74, 6) is -0.433. The second-order valence-electron chi connectivity index (χ2n) is 3.18. The van der Waals surface area contributed by atoms with Crippen LogP contribution in [0.5, 0.6) is 0 Å². The van der Waals surface area contributed by atoms with Gasteiger partial charge in [0.1, 0.15) is 11.2 Å². The van der Waals surface area contributed by atoms with Crippen LogP contribution in [0.4, 0.5) is 0 Å². The van der Waals surface area contributed by atoms with E-state index in [4.69, 9.17) is 4.74 Å². The summed E-state index contributed by atoms with van der Waals surface area (Å²) in [4.78, 5) is 22.3. The predicted octanol–water partition coefficient (Wildman–Crippen LogP) is 1.55. The molecule has 16 heavy (non-hydrogen) atoms. The molecular weight excluding hydrogens is 208 g/mol. The lowest BCUT2D eigenvalue weighted by Gasteiger charge is -2.01. The predicted molar refractivity (Wildman–Crippen MR) is 57.4 cm³/mol. The van der Waals surface area contributed by atoms with Gasteiger partial charge in [0.05, 0.1) is 12.2 Å². The molecule has 0 bridgehead atoms. The van der Waals surface area contributed by atoms with Crippen molar-refractivity contribution in [1.82, 2.24) is 10.2 Å². The molecule has 0 atom stereocenters. The van der Waals surface area contributed by atoms with E-state index in [9.17, 15) is 9.59 Å². The summed E-state index contributed by atoms with van der Waals surface area (Å²) in [5, 5.41) is 7.14. The third-order valence-corrected chi connectivity index (χ3v) is 2.23. The molecule has 2 aromatic rings. The van der Waals surface area contributed by atoms with Crippen molar-refractivity contribution in [2.45, 2.75) is 6.92 Å². The third kappa shape index (κ3) is 1.56. The van der Waals surface area contributed by atoms with E-state index in [-0.39, 0.29) is 0 Å². The van der Waals surface area contributed by atoms with Gasteiger partial charge in [-0.2, -0.15) is 5.10 Å². The summed E-state index contributed by atoms with van der Waals surface area (Å²) < 4.78 is 4.90. The zero-order chi connectivity index (χ0) is 11.5. The molecule has 0 spiro atoms. The molecule has 0 aliphatic heterocycles. The molecule has 0 fully saturated rings. The molecule has 0 saturated heterocycles. The number of aromatic nitrogens is 2. The van der Waals surface area contributed by atoms with E-state index in [0.717, 1.165) is 0 Å². The fourth-order valence-corrected chi connectivity index (χ4v) is 1.52. The van der Waals surface area contributed by atoms with Gasteiger partial charge in [0.2, 0.25) is 0 Å². The Morgan fingerprint density at radius 3 is 3.06 bits per heavy atom. The van der Waals surface area contributed by atoms with Crippen molar-refractivity contribution in [2.24, 2.45) is 0 Å². The minimum Gasteiger partial charge on any atom is -0.462 e. The molecule has 1 heterocycles. The zero-order valence-corrected chi connectivity index (χ0v) is 8.69. The van der Waals surface area contributed by atoms with Gasteiger partial charge < -0.3 is 4.74 Å². The van der Waals surface area contributed by atoms with Gasteiger partial charge in [0.15, 0.2) is 6.29 Å². The first-order chi connectivity index (χ1) is 7.77. The molecule has 0 aliphatic rings. The van der Waals surface area contributed by atoms with Gasteiger partial charge in [-0.15, -0.1) is 0 Å². The van der Waals surface area contributed by atoms with Gasteiger partial charge in [0.25, 0.3) is 0 Å². The maximum atomic E-state index is 11.6. The van der Waals surface area contributed by atoms with E-state index in [1.54, 1.807) is 25.1 Å². The molecular formula is C11H10N2O3. The maximum absolute atomic E-state index is 11.6. The van der Waals surface area contributed by atoms with E-state index in [1.807, 2.05) is 0 Å². The SMILES string of the molecule is CCOC(=O)c1cccc2c(C=O)[nH]nc12. The number of carbonyl (C=O) groups is 2. The molecule has 0 saturated carbocycles. The summed E-state index contributed by atoms with van der Waals surface area (Å²) in [6, 6.07) is 5.04. The Hall–Kier alpha value is -2.17. The lowest BCUT2D eigenvalue weighted by Crippen LogP contribution is -2.05. The number of hydrogen-bond acceptors (Lipinski definition) is 4. The van der Waals surface area contributed by atoms with Crippen LogP contribution in [0.2, 0.25) is 0 Å². The molecule has 82 valence electrons. The topological polar surface area (TPSA) is 72.1 Å². The van der Waals surface area contributed by atoms with Crippen molar-refractivity contribution < 1.29 is 14.3 Å². The minimum atomic E-state index is -0.433. The largest absolute Gasteiger partial charge is 0.462 e. The monoisotopic (exact) mass is 218 g/mol. The van der Waals surface area contributed by atoms with E-state index in [1.165, 1.54) is 0 Å². The number of H-pyrrole nitrogens is 1. The summed E-state index contributed by atoms with van der Waals surface area (Å²) in [6.07, 6.45) is 0.671. The first kappa shape index (κ1) is 10.4. The van der Waals surface area contributed by atoms with Crippen LogP contribution in [0.25, 0.3) is 10.9 Å². The number of aldehydes is 1. The van der Waals surface area contributed by atoms with Crippen LogP contribution in [-0.2, 0) is 4.74 Å². The van der Waals surface area contributed by atoms with Crippen LogP contribution in [0.3, 0.4) is 0 Å². The average molecular weight is 218 g/mol. The van der Waals surface area contributed by atoms with Gasteiger partial charge in [-0.1, -0.05) is 12.1 Å². The molecule has 1 N–H and O–H groups in total. The summed E-state index contributed by atoms with van der Waals surface area (Å²) in [7, 11) is 0. The van der Waals surface area contributed by atoms with Crippen molar-refractivity contribution >= 4 is 23.2 Å². The molecule has 5 heteroatoms. The van der Waals surface area contributed by atoms with E-state index in [0.29, 0.717) is 35.1 Å². The Kier molecular flexibility index (Phi) is 2.68. The Bertz CT molecular complexity index is 545. The smallest absolute Gasteiger partial charge is 0.340 e. The minimum absolute atomic E-state index is 0.306. The number of nitrogens with zero attached hydrogens (tertiary/aromatic N) is 1. The van der Waals surface area contributed by atoms with E-state index < -0.39 is 5.97 Å². The molecule has 1 aromatic heterocycles. The Morgan fingerprint density at radius 1 is 1.56 bits per heavy atom. The average Bonchev–Trinajstić information content (AvgIpc) is 2.71. The highest BCUT2D eigenvalue weighted by Gasteiger charge is 2.14. The highest BCUT2D eigenvalue weighted by molar-refractivity contribution is 6.06. The molecule has 0 unspecified atom stereocenters. The van der Waals surface area contributed by atoms with Crippen molar-refractivity contribution in [2.75, 3.05) is 6.61 Å². The zero-order valence-electron chi connectivity index (χ0n) is 8.69. The van der Waals surface area contributed by atoms with Gasteiger partial charge >= 0.3 is 5.97 Å². The quantitative estimate of drug-likeness (QED) is 0.626. The Balaban J connectivity index is 2.58. The number of esters is 1. The van der Waals surface area contributed by atoms with Crippen LogP contribution in [0.1, 0.15) is 27.8 Å². The molecule has 5 nitrogen and oxygen atoms in total. The molecule has 1 aromatic carbocycles. The van der Waals surface area contributed by atoms with Crippen LogP contribution in [0.15, 0.2) is 18.2 Å². The van der Waals surface area contributed by atoms with Gasteiger partial charge in [-0.25, -0.2) is 4.79 Å².